The van der Waals surface area contributed by atoms with Gasteiger partial charge in [-0.15, -0.1) is 0 Å². The van der Waals surface area contributed by atoms with Gasteiger partial charge in [0.1, 0.15) is 18.5 Å². The van der Waals surface area contributed by atoms with Crippen molar-refractivity contribution >= 4 is 29.7 Å². The van der Waals surface area contributed by atoms with Gasteiger partial charge in [-0.1, -0.05) is 60.1 Å². The Morgan fingerprint density at radius 1 is 0.722 bits per heavy atom. The predicted octanol–water partition coefficient (Wildman–Crippen LogP) is 7.87. The molecular weight excluding hydrogens is 688 g/mol. The van der Waals surface area contributed by atoms with E-state index in [0.29, 0.717) is 30.5 Å². The van der Waals surface area contributed by atoms with Gasteiger partial charge in [0, 0.05) is 39.5 Å². The molecule has 0 spiro atoms. The molecule has 302 valence electrons. The molecule has 6 rings (SSSR count). The van der Waals surface area contributed by atoms with Crippen LogP contribution in [0.15, 0.2) is 11.6 Å². The SMILES string of the molecule is CC(=O)OCC1O[C@@H](C[C@]23CCC(C)(C)CC2C2=CCC4[C@@]5(C)CCC(=O)C(C)(C)C5CC[C@@]4(C)[C@]2(C)CC3)C(OC(C)=O)[C@@H](OC(C)=O)[C@H]1OC(C)=O. The summed E-state index contributed by atoms with van der Waals surface area (Å²) in [6.07, 6.45) is 7.89. The van der Waals surface area contributed by atoms with Gasteiger partial charge in [-0.3, -0.25) is 24.0 Å². The lowest BCUT2D eigenvalue weighted by Crippen LogP contribution is -2.65. The average molecular weight is 755 g/mol. The van der Waals surface area contributed by atoms with Gasteiger partial charge in [0.2, 0.25) is 0 Å². The van der Waals surface area contributed by atoms with E-state index in [-0.39, 0.29) is 45.0 Å². The largest absolute Gasteiger partial charge is 0.463 e. The first kappa shape index (κ1) is 40.9. The standard InChI is InChI=1S/C44H66O10/c1-25(45)50-24-32-37(52-27(3)47)38(53-28(4)48)36(51-26(2)46)31(54-32)23-44-20-18-39(5,6)22-30(44)29-12-13-34-41(9)16-15-35(49)40(7,8)33(41)14-17-43(34,11)42(29,10)19-21-44/h12,30-34,36-38H,13-24H2,1-11H3/t30?,31-,32?,33?,34?,36?,37-,38+,41-,42+,43+,44+/m0/s1. The molecule has 4 saturated carbocycles. The highest BCUT2D eigenvalue weighted by Gasteiger charge is 2.69. The Bertz CT molecular complexity index is 1580. The lowest BCUT2D eigenvalue weighted by molar-refractivity contribution is -0.260. The maximum atomic E-state index is 13.2. The third-order valence-electron chi connectivity index (χ3n) is 16.3. The van der Waals surface area contributed by atoms with Crippen LogP contribution >= 0.6 is 0 Å². The van der Waals surface area contributed by atoms with E-state index >= 15 is 0 Å². The number of hydrogen-bond donors (Lipinski definition) is 0. The number of Topliss-reactive ketones (excluding diaryl/α,β-unsaturated/α-hetero) is 1. The first-order chi connectivity index (χ1) is 25.0. The summed E-state index contributed by atoms with van der Waals surface area (Å²) < 4.78 is 29.7. The molecule has 10 heteroatoms. The zero-order valence-electron chi connectivity index (χ0n) is 34.8. The smallest absolute Gasteiger partial charge is 0.303 e. The molecule has 0 radical (unpaired) electrons. The molecule has 0 aromatic carbocycles. The van der Waals surface area contributed by atoms with Gasteiger partial charge in [-0.2, -0.15) is 0 Å². The molecule has 0 aromatic rings. The van der Waals surface area contributed by atoms with Gasteiger partial charge in [-0.05, 0) is 109 Å². The maximum absolute atomic E-state index is 13.2. The maximum Gasteiger partial charge on any atom is 0.303 e. The lowest BCUT2D eigenvalue weighted by atomic mass is 9.33. The molecule has 0 N–H and O–H groups in total. The van der Waals surface area contributed by atoms with Crippen LogP contribution in [0.2, 0.25) is 0 Å². The van der Waals surface area contributed by atoms with E-state index in [2.05, 4.69) is 54.5 Å². The van der Waals surface area contributed by atoms with Crippen molar-refractivity contribution in [1.29, 1.82) is 0 Å². The van der Waals surface area contributed by atoms with Crippen LogP contribution in [0.1, 0.15) is 147 Å². The van der Waals surface area contributed by atoms with E-state index in [1.807, 2.05) is 0 Å². The number of fused-ring (bicyclic) bond motifs is 7. The molecule has 5 unspecified atom stereocenters. The van der Waals surface area contributed by atoms with Gasteiger partial charge in [-0.25, -0.2) is 0 Å². The molecule has 1 saturated heterocycles. The average Bonchev–Trinajstić information content (AvgIpc) is 3.05. The van der Waals surface area contributed by atoms with Crippen molar-refractivity contribution in [3.8, 4) is 0 Å². The van der Waals surface area contributed by atoms with Crippen molar-refractivity contribution in [2.45, 2.75) is 177 Å². The molecule has 12 atom stereocenters. The number of esters is 4. The molecule has 0 aromatic heterocycles. The van der Waals surface area contributed by atoms with Crippen molar-refractivity contribution in [2.24, 2.45) is 50.2 Å². The quantitative estimate of drug-likeness (QED) is 0.144. The monoisotopic (exact) mass is 754 g/mol. The van der Waals surface area contributed by atoms with Crippen LogP contribution in [0.5, 0.6) is 0 Å². The molecule has 5 fully saturated rings. The summed E-state index contributed by atoms with van der Waals surface area (Å²) in [5, 5.41) is 0. The van der Waals surface area contributed by atoms with E-state index in [1.54, 1.807) is 5.57 Å². The molecule has 5 aliphatic carbocycles. The second-order valence-corrected chi connectivity index (χ2v) is 20.2. The molecule has 1 heterocycles. The van der Waals surface area contributed by atoms with E-state index in [9.17, 15) is 24.0 Å². The summed E-state index contributed by atoms with van der Waals surface area (Å²) in [6, 6.07) is 0. The third-order valence-corrected chi connectivity index (χ3v) is 16.3. The molecule has 0 bridgehead atoms. The summed E-state index contributed by atoms with van der Waals surface area (Å²) in [4.78, 5) is 63.0. The van der Waals surface area contributed by atoms with Crippen molar-refractivity contribution in [2.75, 3.05) is 6.61 Å². The zero-order chi connectivity index (χ0) is 39.8. The van der Waals surface area contributed by atoms with Crippen molar-refractivity contribution in [1.82, 2.24) is 0 Å². The van der Waals surface area contributed by atoms with Crippen molar-refractivity contribution < 1.29 is 47.7 Å². The Morgan fingerprint density at radius 2 is 1.31 bits per heavy atom. The van der Waals surface area contributed by atoms with Gasteiger partial charge >= 0.3 is 23.9 Å². The third kappa shape index (κ3) is 6.76. The predicted molar refractivity (Wildman–Crippen MR) is 201 cm³/mol. The molecular formula is C44H66O10. The Hall–Kier alpha value is -2.75. The fourth-order valence-corrected chi connectivity index (χ4v) is 13.4. The Kier molecular flexibility index (Phi) is 10.6. The van der Waals surface area contributed by atoms with E-state index in [4.69, 9.17) is 23.7 Å². The molecule has 10 nitrogen and oxygen atoms in total. The second kappa shape index (κ2) is 14.0. The molecule has 6 aliphatic rings. The second-order valence-electron chi connectivity index (χ2n) is 20.2. The summed E-state index contributed by atoms with van der Waals surface area (Å²) in [7, 11) is 0. The minimum Gasteiger partial charge on any atom is -0.463 e. The van der Waals surface area contributed by atoms with Gasteiger partial charge in [0.05, 0.1) is 6.10 Å². The first-order valence-corrected chi connectivity index (χ1v) is 20.5. The van der Waals surface area contributed by atoms with Crippen LogP contribution in [-0.4, -0.2) is 66.8 Å². The van der Waals surface area contributed by atoms with Crippen LogP contribution in [-0.2, 0) is 47.7 Å². The van der Waals surface area contributed by atoms with Crippen LogP contribution < -0.4 is 0 Å². The lowest BCUT2D eigenvalue weighted by Gasteiger charge is -2.71. The molecule has 54 heavy (non-hydrogen) atoms. The minimum absolute atomic E-state index is 0.0294. The fraction of sp³-hybridized carbons (Fsp3) is 0.841. The number of allylic oxidation sites excluding steroid dienone is 2. The topological polar surface area (TPSA) is 132 Å². The number of rotatable bonds is 7. The van der Waals surface area contributed by atoms with Gasteiger partial charge in [0.25, 0.3) is 0 Å². The number of ketones is 1. The Balaban J connectivity index is 1.40. The van der Waals surface area contributed by atoms with E-state index < -0.39 is 54.4 Å². The van der Waals surface area contributed by atoms with E-state index in [1.165, 1.54) is 27.7 Å². The first-order valence-electron chi connectivity index (χ1n) is 20.5. The van der Waals surface area contributed by atoms with Gasteiger partial charge < -0.3 is 23.7 Å². The van der Waals surface area contributed by atoms with Crippen molar-refractivity contribution in [3.05, 3.63) is 11.6 Å². The van der Waals surface area contributed by atoms with Crippen LogP contribution in [0.3, 0.4) is 0 Å². The normalized spacial score (nSPS) is 43.5. The van der Waals surface area contributed by atoms with Crippen LogP contribution in [0.4, 0.5) is 0 Å². The number of hydrogen-bond acceptors (Lipinski definition) is 10. The Morgan fingerprint density at radius 3 is 1.93 bits per heavy atom. The highest BCUT2D eigenvalue weighted by atomic mass is 16.7. The number of carbonyl (C=O) groups is 5. The van der Waals surface area contributed by atoms with Crippen LogP contribution in [0, 0.1) is 50.2 Å². The zero-order valence-corrected chi connectivity index (χ0v) is 34.8. The van der Waals surface area contributed by atoms with Crippen molar-refractivity contribution in [3.63, 3.8) is 0 Å². The number of ether oxygens (including phenoxy) is 5. The number of carbonyl (C=O) groups excluding carboxylic acids is 5. The van der Waals surface area contributed by atoms with Crippen LogP contribution in [0.25, 0.3) is 0 Å². The molecule has 0 amide bonds. The highest BCUT2D eigenvalue weighted by Crippen LogP contribution is 2.76. The summed E-state index contributed by atoms with van der Waals surface area (Å²) >= 11 is 0. The summed E-state index contributed by atoms with van der Waals surface area (Å²) in [6.45, 7) is 21.6. The van der Waals surface area contributed by atoms with E-state index in [0.717, 1.165) is 57.8 Å². The highest BCUT2D eigenvalue weighted by molar-refractivity contribution is 5.85. The molecule has 1 aliphatic heterocycles. The Labute approximate surface area is 322 Å². The summed E-state index contributed by atoms with van der Waals surface area (Å²) in [5.74, 6) is -0.808. The minimum atomic E-state index is -1.16. The van der Waals surface area contributed by atoms with Gasteiger partial charge in [0.15, 0.2) is 18.3 Å². The fourth-order valence-electron chi connectivity index (χ4n) is 13.4. The summed E-state index contributed by atoms with van der Waals surface area (Å²) in [5.41, 5.74) is 1.29.